The first kappa shape index (κ1) is 28.1. The largest absolute Gasteiger partial charge is 0.476 e. The second-order valence-corrected chi connectivity index (χ2v) is 12.4. The zero-order valence-corrected chi connectivity index (χ0v) is 24.9. The van der Waals surface area contributed by atoms with Gasteiger partial charge in [0.1, 0.15) is 6.61 Å². The predicted molar refractivity (Wildman–Crippen MR) is 163 cm³/mol. The molecule has 0 radical (unpaired) electrons. The maximum Gasteiger partial charge on any atom is 0.213 e. The smallest absolute Gasteiger partial charge is 0.213 e. The van der Waals surface area contributed by atoms with Crippen LogP contribution in [0.3, 0.4) is 0 Å². The van der Waals surface area contributed by atoms with Gasteiger partial charge in [-0.1, -0.05) is 26.8 Å². The van der Waals surface area contributed by atoms with Crippen molar-refractivity contribution in [2.45, 2.75) is 64.8 Å². The lowest BCUT2D eigenvalue weighted by atomic mass is 9.87. The number of hydrogen-bond donors (Lipinski definition) is 1. The number of ether oxygens (including phenoxy) is 1. The number of aromatic amines is 1. The molecule has 0 spiro atoms. The standard InChI is InChI=1S/C33H49N5O/c1-6-29-30-21-26(25-10-17-38(18-11-25)28-12-15-37(16-13-28)23-24(2)3)7-8-31(30)35-33(29)27-9-14-34-32(22-27)39-20-19-36(4)5/h7-9,14,21-22,24-25,28,35H,6,10-13,15-20,23H2,1-5H3. The van der Waals surface area contributed by atoms with E-state index in [0.717, 1.165) is 30.5 Å². The van der Waals surface area contributed by atoms with Gasteiger partial charge in [-0.05, 0) is 114 Å². The summed E-state index contributed by atoms with van der Waals surface area (Å²) in [7, 11) is 4.11. The number of likely N-dealkylation sites (tertiary alicyclic amines) is 2. The van der Waals surface area contributed by atoms with Gasteiger partial charge >= 0.3 is 0 Å². The number of rotatable bonds is 10. The van der Waals surface area contributed by atoms with Crippen LogP contribution in [-0.4, -0.2) is 90.7 Å². The summed E-state index contributed by atoms with van der Waals surface area (Å²) in [6.07, 6.45) is 8.08. The molecule has 0 atom stereocenters. The Hall–Kier alpha value is -2.41. The number of nitrogens with zero attached hydrogens (tertiary/aromatic N) is 4. The molecule has 0 bridgehead atoms. The first-order chi connectivity index (χ1) is 18.9. The fourth-order valence-electron chi connectivity index (χ4n) is 6.69. The van der Waals surface area contributed by atoms with Gasteiger partial charge in [0.25, 0.3) is 0 Å². The lowest BCUT2D eigenvalue weighted by Gasteiger charge is -2.42. The number of likely N-dealkylation sites (N-methyl/N-ethyl adjacent to an activating group) is 1. The molecule has 6 heteroatoms. The van der Waals surface area contributed by atoms with E-state index in [2.05, 4.69) is 89.9 Å². The Morgan fingerprint density at radius 1 is 1.03 bits per heavy atom. The van der Waals surface area contributed by atoms with E-state index in [-0.39, 0.29) is 0 Å². The van der Waals surface area contributed by atoms with E-state index in [0.29, 0.717) is 18.4 Å². The molecule has 6 nitrogen and oxygen atoms in total. The molecule has 2 aromatic heterocycles. The molecule has 5 rings (SSSR count). The normalized spacial score (nSPS) is 18.5. The van der Waals surface area contributed by atoms with Crippen LogP contribution in [0.2, 0.25) is 0 Å². The third kappa shape index (κ3) is 6.85. The zero-order chi connectivity index (χ0) is 27.4. The van der Waals surface area contributed by atoms with Crippen molar-refractivity contribution in [3.05, 3.63) is 47.7 Å². The van der Waals surface area contributed by atoms with Crippen LogP contribution in [0.1, 0.15) is 63.5 Å². The van der Waals surface area contributed by atoms with Crippen LogP contribution in [0.15, 0.2) is 36.5 Å². The number of fused-ring (bicyclic) bond motifs is 1. The maximum atomic E-state index is 5.92. The van der Waals surface area contributed by atoms with Gasteiger partial charge < -0.3 is 24.4 Å². The third-order valence-electron chi connectivity index (χ3n) is 8.79. The highest BCUT2D eigenvalue weighted by atomic mass is 16.5. The Bertz CT molecular complexity index is 1200. The van der Waals surface area contributed by atoms with Gasteiger partial charge in [0.2, 0.25) is 5.88 Å². The van der Waals surface area contributed by atoms with Crippen LogP contribution in [0.5, 0.6) is 5.88 Å². The van der Waals surface area contributed by atoms with Gasteiger partial charge in [-0.2, -0.15) is 0 Å². The average molecular weight is 532 g/mol. The Morgan fingerprint density at radius 3 is 2.49 bits per heavy atom. The van der Waals surface area contributed by atoms with E-state index in [1.807, 2.05) is 6.20 Å². The number of pyridine rings is 1. The van der Waals surface area contributed by atoms with E-state index in [1.54, 1.807) is 0 Å². The summed E-state index contributed by atoms with van der Waals surface area (Å²) in [5, 5.41) is 1.37. The van der Waals surface area contributed by atoms with Crippen molar-refractivity contribution in [3.63, 3.8) is 0 Å². The van der Waals surface area contributed by atoms with Crippen LogP contribution in [0, 0.1) is 5.92 Å². The molecule has 1 N–H and O–H groups in total. The average Bonchev–Trinajstić information content (AvgIpc) is 3.31. The molecular formula is C33H49N5O. The summed E-state index contributed by atoms with van der Waals surface area (Å²) in [4.78, 5) is 15.8. The van der Waals surface area contributed by atoms with Gasteiger partial charge in [-0.25, -0.2) is 4.98 Å². The Kier molecular flexibility index (Phi) is 9.26. The number of aromatic nitrogens is 2. The number of piperidine rings is 2. The van der Waals surface area contributed by atoms with Crippen LogP contribution in [-0.2, 0) is 6.42 Å². The van der Waals surface area contributed by atoms with Crippen LogP contribution >= 0.6 is 0 Å². The highest BCUT2D eigenvalue weighted by Gasteiger charge is 2.29. The topological polar surface area (TPSA) is 47.6 Å². The number of benzene rings is 1. The van der Waals surface area contributed by atoms with E-state index >= 15 is 0 Å². The van der Waals surface area contributed by atoms with Crippen molar-refractivity contribution in [2.75, 3.05) is 60.0 Å². The van der Waals surface area contributed by atoms with Crippen LogP contribution in [0.4, 0.5) is 0 Å². The highest BCUT2D eigenvalue weighted by Crippen LogP contribution is 2.36. The fourth-order valence-corrected chi connectivity index (χ4v) is 6.69. The lowest BCUT2D eigenvalue weighted by molar-refractivity contribution is 0.0828. The van der Waals surface area contributed by atoms with Crippen LogP contribution in [0.25, 0.3) is 22.2 Å². The Balaban J connectivity index is 1.25. The minimum absolute atomic E-state index is 0.635. The SMILES string of the molecule is CCc1c(-c2ccnc(OCCN(C)C)c2)[nH]c2ccc(C3CCN(C4CCN(CC(C)C)CC4)CC3)cc12. The van der Waals surface area contributed by atoms with Crippen molar-refractivity contribution < 1.29 is 4.74 Å². The fraction of sp³-hybridized carbons (Fsp3) is 0.606. The zero-order valence-electron chi connectivity index (χ0n) is 24.9. The minimum Gasteiger partial charge on any atom is -0.476 e. The molecule has 1 aromatic carbocycles. The van der Waals surface area contributed by atoms with Crippen molar-refractivity contribution >= 4 is 10.9 Å². The molecule has 3 aromatic rings. The molecule has 2 aliphatic heterocycles. The third-order valence-corrected chi connectivity index (χ3v) is 8.79. The molecular weight excluding hydrogens is 482 g/mol. The van der Waals surface area contributed by atoms with E-state index in [9.17, 15) is 0 Å². The first-order valence-corrected chi connectivity index (χ1v) is 15.3. The number of nitrogens with one attached hydrogen (secondary N) is 1. The molecule has 39 heavy (non-hydrogen) atoms. The second kappa shape index (κ2) is 12.8. The molecule has 4 heterocycles. The Labute approximate surface area is 235 Å². The summed E-state index contributed by atoms with van der Waals surface area (Å²) in [6, 6.07) is 12.1. The van der Waals surface area contributed by atoms with Gasteiger partial charge in [-0.15, -0.1) is 0 Å². The van der Waals surface area contributed by atoms with Gasteiger partial charge in [0, 0.05) is 53.6 Å². The van der Waals surface area contributed by atoms with E-state index in [4.69, 9.17) is 4.74 Å². The van der Waals surface area contributed by atoms with Crippen molar-refractivity contribution in [1.29, 1.82) is 0 Å². The number of aryl methyl sites for hydroxylation is 1. The predicted octanol–water partition coefficient (Wildman–Crippen LogP) is 6.03. The number of H-pyrrole nitrogens is 1. The highest BCUT2D eigenvalue weighted by molar-refractivity contribution is 5.91. The van der Waals surface area contributed by atoms with E-state index < -0.39 is 0 Å². The number of hydrogen-bond acceptors (Lipinski definition) is 5. The summed E-state index contributed by atoms with van der Waals surface area (Å²) in [5.74, 6) is 2.12. The van der Waals surface area contributed by atoms with Gasteiger partial charge in [-0.3, -0.25) is 0 Å². The maximum absolute atomic E-state index is 5.92. The van der Waals surface area contributed by atoms with Crippen molar-refractivity contribution in [1.82, 2.24) is 24.7 Å². The molecule has 212 valence electrons. The second-order valence-electron chi connectivity index (χ2n) is 12.4. The minimum atomic E-state index is 0.635. The molecule has 0 saturated carbocycles. The molecule has 2 saturated heterocycles. The lowest BCUT2D eigenvalue weighted by Crippen LogP contribution is -2.48. The van der Waals surface area contributed by atoms with Crippen LogP contribution < -0.4 is 4.74 Å². The Morgan fingerprint density at radius 2 is 1.79 bits per heavy atom. The van der Waals surface area contributed by atoms with E-state index in [1.165, 1.54) is 86.1 Å². The van der Waals surface area contributed by atoms with Crippen molar-refractivity contribution in [3.8, 4) is 17.1 Å². The monoisotopic (exact) mass is 531 g/mol. The summed E-state index contributed by atoms with van der Waals surface area (Å²) in [5.41, 5.74) is 6.47. The summed E-state index contributed by atoms with van der Waals surface area (Å²) >= 11 is 0. The molecule has 2 aliphatic rings. The van der Waals surface area contributed by atoms with Gasteiger partial charge in [0.05, 0.1) is 0 Å². The molecule has 0 unspecified atom stereocenters. The molecule has 2 fully saturated rings. The summed E-state index contributed by atoms with van der Waals surface area (Å²) < 4.78 is 5.92. The summed E-state index contributed by atoms with van der Waals surface area (Å²) in [6.45, 7) is 14.7. The molecule has 0 aliphatic carbocycles. The molecule has 0 amide bonds. The van der Waals surface area contributed by atoms with Crippen molar-refractivity contribution in [2.24, 2.45) is 5.92 Å². The van der Waals surface area contributed by atoms with Gasteiger partial charge in [0.15, 0.2) is 0 Å². The first-order valence-electron chi connectivity index (χ1n) is 15.3. The quantitative estimate of drug-likeness (QED) is 0.346.